The van der Waals surface area contributed by atoms with Crippen LogP contribution in [0.15, 0.2) is 16.9 Å². The van der Waals surface area contributed by atoms with Crippen molar-refractivity contribution in [1.82, 2.24) is 14.7 Å². The monoisotopic (exact) mass is 265 g/mol. The lowest BCUT2D eigenvalue weighted by Crippen LogP contribution is -2.38. The van der Waals surface area contributed by atoms with Crippen molar-refractivity contribution >= 4 is 5.91 Å². The highest BCUT2D eigenvalue weighted by Gasteiger charge is 2.20. The summed E-state index contributed by atoms with van der Waals surface area (Å²) < 4.78 is 1.36. The second-order valence-electron chi connectivity index (χ2n) is 4.67. The molecular formula is C14H23N3O2. The van der Waals surface area contributed by atoms with Crippen LogP contribution in [0.1, 0.15) is 50.5 Å². The van der Waals surface area contributed by atoms with Gasteiger partial charge in [-0.15, -0.1) is 0 Å². The van der Waals surface area contributed by atoms with Gasteiger partial charge in [0.25, 0.3) is 11.5 Å². The largest absolute Gasteiger partial charge is 0.337 e. The van der Waals surface area contributed by atoms with Gasteiger partial charge in [0.05, 0.1) is 0 Å². The van der Waals surface area contributed by atoms with Gasteiger partial charge < -0.3 is 4.90 Å². The van der Waals surface area contributed by atoms with Gasteiger partial charge in [-0.1, -0.05) is 20.8 Å². The van der Waals surface area contributed by atoms with E-state index in [9.17, 15) is 9.59 Å². The van der Waals surface area contributed by atoms with Crippen LogP contribution in [0.2, 0.25) is 0 Å². The highest BCUT2D eigenvalue weighted by molar-refractivity contribution is 5.92. The Hall–Kier alpha value is -1.65. The van der Waals surface area contributed by atoms with Crippen molar-refractivity contribution in [1.29, 1.82) is 0 Å². The van der Waals surface area contributed by atoms with E-state index in [0.717, 1.165) is 19.3 Å². The topological polar surface area (TPSA) is 55.2 Å². The van der Waals surface area contributed by atoms with E-state index >= 15 is 0 Å². The predicted molar refractivity (Wildman–Crippen MR) is 75.3 cm³/mol. The third-order valence-corrected chi connectivity index (χ3v) is 3.33. The zero-order valence-corrected chi connectivity index (χ0v) is 12.2. The molecule has 5 heteroatoms. The molecule has 1 heterocycles. The van der Waals surface area contributed by atoms with Crippen LogP contribution in [0.5, 0.6) is 0 Å². The fraction of sp³-hybridized carbons (Fsp3) is 0.643. The second-order valence-corrected chi connectivity index (χ2v) is 4.67. The first-order valence-corrected chi connectivity index (χ1v) is 6.90. The third-order valence-electron chi connectivity index (χ3n) is 3.33. The first-order chi connectivity index (χ1) is 9.04. The Morgan fingerprint density at radius 2 is 1.95 bits per heavy atom. The van der Waals surface area contributed by atoms with Crippen molar-refractivity contribution < 1.29 is 4.79 Å². The first kappa shape index (κ1) is 15.4. The minimum atomic E-state index is -0.163. The average Bonchev–Trinajstić information content (AvgIpc) is 2.42. The molecule has 0 bridgehead atoms. The van der Waals surface area contributed by atoms with Crippen molar-refractivity contribution in [2.45, 2.75) is 52.6 Å². The summed E-state index contributed by atoms with van der Waals surface area (Å²) in [5.41, 5.74) is 0.172. The smallest absolute Gasteiger partial charge is 0.274 e. The molecule has 1 aromatic rings. The summed E-state index contributed by atoms with van der Waals surface area (Å²) >= 11 is 0. The molecular weight excluding hydrogens is 242 g/mol. The van der Waals surface area contributed by atoms with Crippen molar-refractivity contribution in [2.75, 3.05) is 7.05 Å². The average molecular weight is 265 g/mol. The Balaban J connectivity index is 2.99. The molecule has 0 N–H and O–H groups in total. The molecule has 5 nitrogen and oxygen atoms in total. The lowest BCUT2D eigenvalue weighted by atomic mass is 10.1. The molecule has 0 unspecified atom stereocenters. The number of carbonyl (C=O) groups excluding carboxylic acids is 1. The van der Waals surface area contributed by atoms with Gasteiger partial charge >= 0.3 is 0 Å². The fourth-order valence-electron chi connectivity index (χ4n) is 2.12. The van der Waals surface area contributed by atoms with Gasteiger partial charge in [-0.05, 0) is 25.3 Å². The summed E-state index contributed by atoms with van der Waals surface area (Å²) in [5, 5.41) is 4.15. The van der Waals surface area contributed by atoms with E-state index in [1.54, 1.807) is 11.9 Å². The van der Waals surface area contributed by atoms with E-state index in [1.807, 2.05) is 6.92 Å². The van der Waals surface area contributed by atoms with Crippen molar-refractivity contribution in [3.8, 4) is 0 Å². The van der Waals surface area contributed by atoms with E-state index in [2.05, 4.69) is 18.9 Å². The molecule has 1 amide bonds. The predicted octanol–water partition coefficient (Wildman–Crippen LogP) is 1.91. The van der Waals surface area contributed by atoms with Crippen LogP contribution < -0.4 is 5.56 Å². The number of carbonyl (C=O) groups is 1. The Labute approximate surface area is 114 Å². The number of aryl methyl sites for hydroxylation is 1. The van der Waals surface area contributed by atoms with E-state index in [0.29, 0.717) is 12.2 Å². The van der Waals surface area contributed by atoms with E-state index < -0.39 is 0 Å². The number of aromatic nitrogens is 2. The van der Waals surface area contributed by atoms with Gasteiger partial charge in [-0.3, -0.25) is 9.59 Å². The van der Waals surface area contributed by atoms with Gasteiger partial charge in [0.2, 0.25) is 0 Å². The minimum absolute atomic E-state index is 0.126. The van der Waals surface area contributed by atoms with Crippen LogP contribution in [0.3, 0.4) is 0 Å². The van der Waals surface area contributed by atoms with Crippen molar-refractivity contribution in [3.05, 3.63) is 28.2 Å². The molecule has 0 aromatic carbocycles. The molecule has 0 aliphatic heterocycles. The van der Waals surface area contributed by atoms with E-state index in [1.165, 1.54) is 16.8 Å². The molecule has 106 valence electrons. The number of hydrogen-bond donors (Lipinski definition) is 0. The summed E-state index contributed by atoms with van der Waals surface area (Å²) in [6, 6.07) is 3.13. The lowest BCUT2D eigenvalue weighted by molar-refractivity contribution is 0.0714. The summed E-state index contributed by atoms with van der Waals surface area (Å²) in [4.78, 5) is 25.6. The van der Waals surface area contributed by atoms with Crippen LogP contribution in [-0.2, 0) is 6.54 Å². The van der Waals surface area contributed by atoms with Crippen molar-refractivity contribution in [2.24, 2.45) is 0 Å². The molecule has 0 saturated carbocycles. The number of hydrogen-bond acceptors (Lipinski definition) is 3. The zero-order chi connectivity index (χ0) is 14.4. The van der Waals surface area contributed by atoms with Crippen LogP contribution in [0, 0.1) is 0 Å². The molecule has 0 aliphatic carbocycles. The summed E-state index contributed by atoms with van der Waals surface area (Å²) in [5.74, 6) is -0.126. The van der Waals surface area contributed by atoms with Gasteiger partial charge in [0.15, 0.2) is 0 Å². The van der Waals surface area contributed by atoms with Crippen LogP contribution in [0.4, 0.5) is 0 Å². The van der Waals surface area contributed by atoms with Gasteiger partial charge in [-0.2, -0.15) is 5.10 Å². The molecule has 0 atom stereocenters. The maximum Gasteiger partial charge on any atom is 0.274 e. The minimum Gasteiger partial charge on any atom is -0.337 e. The summed E-state index contributed by atoms with van der Waals surface area (Å²) in [7, 11) is 1.79. The molecule has 0 saturated heterocycles. The molecule has 1 rings (SSSR count). The van der Waals surface area contributed by atoms with Gasteiger partial charge in [0, 0.05) is 25.7 Å². The van der Waals surface area contributed by atoms with Gasteiger partial charge in [0.1, 0.15) is 5.69 Å². The van der Waals surface area contributed by atoms with Crippen LogP contribution >= 0.6 is 0 Å². The second kappa shape index (κ2) is 7.07. The third kappa shape index (κ3) is 3.66. The molecule has 0 spiro atoms. The van der Waals surface area contributed by atoms with Crippen LogP contribution in [-0.4, -0.2) is 33.7 Å². The normalized spacial score (nSPS) is 10.8. The maximum absolute atomic E-state index is 12.3. The Bertz CT molecular complexity index is 478. The highest BCUT2D eigenvalue weighted by Crippen LogP contribution is 2.09. The number of nitrogens with zero attached hydrogens (tertiary/aromatic N) is 3. The molecule has 0 fully saturated rings. The number of amides is 1. The fourth-order valence-corrected chi connectivity index (χ4v) is 2.12. The SMILES string of the molecule is CCCn1nc(C(=O)N(C)C(CC)CC)ccc1=O. The van der Waals surface area contributed by atoms with E-state index in [-0.39, 0.29) is 17.5 Å². The molecule has 0 radical (unpaired) electrons. The summed E-state index contributed by atoms with van der Waals surface area (Å²) in [6.07, 6.45) is 2.63. The summed E-state index contributed by atoms with van der Waals surface area (Å²) in [6.45, 7) is 6.63. The Morgan fingerprint density at radius 3 is 2.47 bits per heavy atom. The molecule has 0 aliphatic rings. The lowest BCUT2D eigenvalue weighted by Gasteiger charge is -2.25. The maximum atomic E-state index is 12.3. The Kier molecular flexibility index (Phi) is 5.73. The Morgan fingerprint density at radius 1 is 1.32 bits per heavy atom. The standard InChI is InChI=1S/C14H23N3O2/c1-5-10-17-13(18)9-8-12(15-17)14(19)16(4)11(6-2)7-3/h8-9,11H,5-7,10H2,1-4H3. The van der Waals surface area contributed by atoms with E-state index in [4.69, 9.17) is 0 Å². The van der Waals surface area contributed by atoms with Crippen LogP contribution in [0.25, 0.3) is 0 Å². The quantitative estimate of drug-likeness (QED) is 0.789. The molecule has 19 heavy (non-hydrogen) atoms. The van der Waals surface area contributed by atoms with Crippen molar-refractivity contribution in [3.63, 3.8) is 0 Å². The highest BCUT2D eigenvalue weighted by atomic mass is 16.2. The zero-order valence-electron chi connectivity index (χ0n) is 12.2. The first-order valence-electron chi connectivity index (χ1n) is 6.90. The number of rotatable bonds is 6. The molecule has 1 aromatic heterocycles. The van der Waals surface area contributed by atoms with Gasteiger partial charge in [-0.25, -0.2) is 4.68 Å².